The van der Waals surface area contributed by atoms with Gasteiger partial charge >= 0.3 is 0 Å². The van der Waals surface area contributed by atoms with E-state index in [2.05, 4.69) is 94.5 Å². The van der Waals surface area contributed by atoms with Crippen molar-refractivity contribution in [3.63, 3.8) is 0 Å². The fourth-order valence-electron chi connectivity index (χ4n) is 4.04. The van der Waals surface area contributed by atoms with E-state index in [1.165, 1.54) is 16.3 Å². The fourth-order valence-corrected chi connectivity index (χ4v) is 4.30. The molecule has 1 heterocycles. The lowest BCUT2D eigenvalue weighted by Gasteiger charge is -2.33. The maximum Gasteiger partial charge on any atom is 0.176 e. The molecule has 0 bridgehead atoms. The first kappa shape index (κ1) is 21.8. The van der Waals surface area contributed by atoms with E-state index in [-0.39, 0.29) is 0 Å². The second-order valence-corrected chi connectivity index (χ2v) is 8.48. The Bertz CT molecular complexity index is 988. The summed E-state index contributed by atoms with van der Waals surface area (Å²) in [5.74, 6) is 0. The molecule has 162 valence electrons. The maximum atomic E-state index is 5.99. The SMILES string of the molecule is CN(CCCN1CCOCC1)C(=S)N(Cc1ccccc1)c1ccc2ccccc2c1. The number of nitrogens with zero attached hydrogens (tertiary/aromatic N) is 3. The highest BCUT2D eigenvalue weighted by atomic mass is 32.1. The number of fused-ring (bicyclic) bond motifs is 1. The molecule has 0 N–H and O–H groups in total. The van der Waals surface area contributed by atoms with Gasteiger partial charge in [0.05, 0.1) is 19.8 Å². The van der Waals surface area contributed by atoms with Gasteiger partial charge in [0.25, 0.3) is 0 Å². The van der Waals surface area contributed by atoms with Gasteiger partial charge in [0.1, 0.15) is 0 Å². The van der Waals surface area contributed by atoms with Crippen LogP contribution < -0.4 is 4.90 Å². The van der Waals surface area contributed by atoms with E-state index in [0.29, 0.717) is 0 Å². The third-order valence-electron chi connectivity index (χ3n) is 5.86. The Kier molecular flexibility index (Phi) is 7.52. The number of benzene rings is 3. The van der Waals surface area contributed by atoms with E-state index in [0.717, 1.165) is 63.2 Å². The van der Waals surface area contributed by atoms with Gasteiger partial charge in [-0.3, -0.25) is 4.90 Å². The second-order valence-electron chi connectivity index (χ2n) is 8.11. The molecule has 0 saturated carbocycles. The zero-order valence-corrected chi connectivity index (χ0v) is 19.1. The van der Waals surface area contributed by atoms with Crippen molar-refractivity contribution in [2.24, 2.45) is 0 Å². The molecule has 4 nitrogen and oxygen atoms in total. The van der Waals surface area contributed by atoms with Crippen molar-refractivity contribution in [3.8, 4) is 0 Å². The Morgan fingerprint density at radius 2 is 1.65 bits per heavy atom. The summed E-state index contributed by atoms with van der Waals surface area (Å²) >= 11 is 5.99. The van der Waals surface area contributed by atoms with Crippen LogP contribution in [0.4, 0.5) is 5.69 Å². The van der Waals surface area contributed by atoms with Gasteiger partial charge in [-0.05, 0) is 47.1 Å². The molecule has 0 aromatic heterocycles. The quantitative estimate of drug-likeness (QED) is 0.498. The highest BCUT2D eigenvalue weighted by molar-refractivity contribution is 7.80. The lowest BCUT2D eigenvalue weighted by atomic mass is 10.1. The number of rotatable bonds is 7. The van der Waals surface area contributed by atoms with Crippen molar-refractivity contribution in [1.29, 1.82) is 0 Å². The summed E-state index contributed by atoms with van der Waals surface area (Å²) in [7, 11) is 2.11. The number of ether oxygens (including phenoxy) is 1. The average Bonchev–Trinajstić information content (AvgIpc) is 2.83. The highest BCUT2D eigenvalue weighted by Gasteiger charge is 2.18. The van der Waals surface area contributed by atoms with E-state index in [9.17, 15) is 0 Å². The van der Waals surface area contributed by atoms with Gasteiger partial charge in [-0.2, -0.15) is 0 Å². The number of thiocarbonyl (C=S) groups is 1. The van der Waals surface area contributed by atoms with Crippen LogP contribution in [0, 0.1) is 0 Å². The summed E-state index contributed by atoms with van der Waals surface area (Å²) in [6, 6.07) is 25.6. The molecule has 0 radical (unpaired) electrons. The van der Waals surface area contributed by atoms with Crippen LogP contribution in [0.15, 0.2) is 72.8 Å². The minimum absolute atomic E-state index is 0.756. The topological polar surface area (TPSA) is 19.0 Å². The number of hydrogen-bond acceptors (Lipinski definition) is 3. The maximum absolute atomic E-state index is 5.99. The van der Waals surface area contributed by atoms with Crippen LogP contribution in [0.3, 0.4) is 0 Å². The minimum atomic E-state index is 0.756. The Hall–Kier alpha value is -2.47. The van der Waals surface area contributed by atoms with Crippen LogP contribution in [-0.2, 0) is 11.3 Å². The Balaban J connectivity index is 1.49. The van der Waals surface area contributed by atoms with Gasteiger partial charge in [-0.1, -0.05) is 60.7 Å². The number of anilines is 1. The van der Waals surface area contributed by atoms with Gasteiger partial charge in [-0.25, -0.2) is 0 Å². The fraction of sp³-hybridized carbons (Fsp3) is 0.346. The molecule has 3 aromatic carbocycles. The molecule has 31 heavy (non-hydrogen) atoms. The zero-order chi connectivity index (χ0) is 21.5. The standard InChI is InChI=1S/C26H31N3OS/c1-27(14-7-15-28-16-18-30-19-17-28)26(31)29(21-22-8-3-2-4-9-22)25-13-12-23-10-5-6-11-24(23)20-25/h2-6,8-13,20H,7,14-19,21H2,1H3. The molecule has 0 aliphatic carbocycles. The summed E-state index contributed by atoms with van der Waals surface area (Å²) in [6.07, 6.45) is 1.09. The monoisotopic (exact) mass is 433 g/mol. The molecule has 4 rings (SSSR count). The largest absolute Gasteiger partial charge is 0.379 e. The zero-order valence-electron chi connectivity index (χ0n) is 18.2. The lowest BCUT2D eigenvalue weighted by molar-refractivity contribution is 0.0369. The average molecular weight is 434 g/mol. The molecule has 5 heteroatoms. The summed E-state index contributed by atoms with van der Waals surface area (Å²) in [4.78, 5) is 6.95. The van der Waals surface area contributed by atoms with Crippen LogP contribution in [0.1, 0.15) is 12.0 Å². The molecule has 0 spiro atoms. The van der Waals surface area contributed by atoms with E-state index in [4.69, 9.17) is 17.0 Å². The highest BCUT2D eigenvalue weighted by Crippen LogP contribution is 2.25. The third-order valence-corrected chi connectivity index (χ3v) is 6.39. The molecule has 3 aromatic rings. The Morgan fingerprint density at radius 3 is 2.42 bits per heavy atom. The molecule has 0 amide bonds. The summed E-state index contributed by atoms with van der Waals surface area (Å²) in [5, 5.41) is 3.34. The lowest BCUT2D eigenvalue weighted by Crippen LogP contribution is -2.42. The van der Waals surface area contributed by atoms with E-state index >= 15 is 0 Å². The minimum Gasteiger partial charge on any atom is -0.379 e. The second kappa shape index (κ2) is 10.7. The van der Waals surface area contributed by atoms with Gasteiger partial charge in [0.2, 0.25) is 0 Å². The molecule has 1 saturated heterocycles. The van der Waals surface area contributed by atoms with Crippen molar-refractivity contribution >= 4 is 33.8 Å². The van der Waals surface area contributed by atoms with E-state index in [1.807, 2.05) is 0 Å². The molecule has 0 atom stereocenters. The van der Waals surface area contributed by atoms with Crippen LogP contribution in [-0.4, -0.2) is 61.4 Å². The molecule has 0 unspecified atom stereocenters. The Morgan fingerprint density at radius 1 is 0.935 bits per heavy atom. The summed E-state index contributed by atoms with van der Waals surface area (Å²) in [5.41, 5.74) is 2.38. The normalized spacial score (nSPS) is 14.5. The smallest absolute Gasteiger partial charge is 0.176 e. The number of morpholine rings is 1. The van der Waals surface area contributed by atoms with Crippen molar-refractivity contribution in [2.45, 2.75) is 13.0 Å². The van der Waals surface area contributed by atoms with Crippen LogP contribution in [0.2, 0.25) is 0 Å². The van der Waals surface area contributed by atoms with Crippen LogP contribution >= 0.6 is 12.2 Å². The van der Waals surface area contributed by atoms with Crippen molar-refractivity contribution in [2.75, 3.05) is 51.3 Å². The molecule has 1 aliphatic heterocycles. The van der Waals surface area contributed by atoms with Crippen molar-refractivity contribution < 1.29 is 4.74 Å². The molecular weight excluding hydrogens is 402 g/mol. The third kappa shape index (κ3) is 5.82. The van der Waals surface area contributed by atoms with Gasteiger partial charge in [-0.15, -0.1) is 0 Å². The Labute approximate surface area is 191 Å². The summed E-state index contributed by atoms with van der Waals surface area (Å²) < 4.78 is 5.45. The van der Waals surface area contributed by atoms with E-state index < -0.39 is 0 Å². The molecule has 1 fully saturated rings. The predicted octanol–water partition coefficient (Wildman–Crippen LogP) is 4.79. The predicted molar refractivity (Wildman–Crippen MR) is 134 cm³/mol. The summed E-state index contributed by atoms with van der Waals surface area (Å²) in [6.45, 7) is 6.55. The first-order chi connectivity index (χ1) is 15.2. The number of hydrogen-bond donors (Lipinski definition) is 0. The van der Waals surface area contributed by atoms with Crippen LogP contribution in [0.5, 0.6) is 0 Å². The van der Waals surface area contributed by atoms with Gasteiger partial charge in [0.15, 0.2) is 5.11 Å². The first-order valence-corrected chi connectivity index (χ1v) is 11.5. The first-order valence-electron chi connectivity index (χ1n) is 11.1. The van der Waals surface area contributed by atoms with E-state index in [1.54, 1.807) is 0 Å². The van der Waals surface area contributed by atoms with Gasteiger partial charge in [0, 0.05) is 38.9 Å². The molecular formula is C26H31N3OS. The van der Waals surface area contributed by atoms with Crippen molar-refractivity contribution in [3.05, 3.63) is 78.4 Å². The molecule has 1 aliphatic rings. The van der Waals surface area contributed by atoms with Gasteiger partial charge < -0.3 is 14.5 Å². The van der Waals surface area contributed by atoms with Crippen LogP contribution in [0.25, 0.3) is 10.8 Å². The van der Waals surface area contributed by atoms with Crippen molar-refractivity contribution in [1.82, 2.24) is 9.80 Å².